The summed E-state index contributed by atoms with van der Waals surface area (Å²) >= 11 is 0. The van der Waals surface area contributed by atoms with Gasteiger partial charge in [-0.25, -0.2) is 5.43 Å². The molecule has 16 heavy (non-hydrogen) atoms. The van der Waals surface area contributed by atoms with Crippen LogP contribution in [0.3, 0.4) is 0 Å². The molecule has 2 rings (SSSR count). The summed E-state index contributed by atoms with van der Waals surface area (Å²) in [6, 6.07) is 4.08. The third kappa shape index (κ3) is 2.15. The summed E-state index contributed by atoms with van der Waals surface area (Å²) in [4.78, 5) is 0. The first-order chi connectivity index (χ1) is 7.65. The molecule has 1 heterocycles. The van der Waals surface area contributed by atoms with E-state index in [0.29, 0.717) is 11.3 Å². The molecule has 1 aromatic rings. The molecule has 0 radical (unpaired) electrons. The Bertz CT molecular complexity index is 319. The summed E-state index contributed by atoms with van der Waals surface area (Å²) in [5.41, 5.74) is 3.27. The summed E-state index contributed by atoms with van der Waals surface area (Å²) in [6.07, 6.45) is 6.85. The van der Waals surface area contributed by atoms with Gasteiger partial charge in [-0.2, -0.15) is 0 Å². The SMILES string of the molecule is CC1(C)CCCCC1C(NN)c1ccco1. The highest BCUT2D eigenvalue weighted by Gasteiger charge is 2.38. The minimum absolute atomic E-state index is 0.144. The standard InChI is InChI=1S/C13H22N2O/c1-13(2)8-4-3-6-10(13)12(15-14)11-7-5-9-16-11/h5,7,9-10,12,15H,3-4,6,8,14H2,1-2H3. The van der Waals surface area contributed by atoms with Gasteiger partial charge in [0.25, 0.3) is 0 Å². The van der Waals surface area contributed by atoms with E-state index in [-0.39, 0.29) is 6.04 Å². The van der Waals surface area contributed by atoms with Crippen LogP contribution >= 0.6 is 0 Å². The van der Waals surface area contributed by atoms with Gasteiger partial charge in [0.2, 0.25) is 0 Å². The summed E-state index contributed by atoms with van der Waals surface area (Å²) in [5.74, 6) is 7.22. The molecule has 2 unspecified atom stereocenters. The third-order valence-electron chi connectivity index (χ3n) is 4.02. The fourth-order valence-corrected chi connectivity index (χ4v) is 3.00. The molecule has 1 aromatic heterocycles. The Hall–Kier alpha value is -0.800. The van der Waals surface area contributed by atoms with Crippen LogP contribution < -0.4 is 11.3 Å². The first-order valence-electron chi connectivity index (χ1n) is 6.15. The molecule has 1 fully saturated rings. The van der Waals surface area contributed by atoms with E-state index in [1.807, 2.05) is 12.1 Å². The maximum Gasteiger partial charge on any atom is 0.122 e. The number of nitrogens with one attached hydrogen (secondary N) is 1. The van der Waals surface area contributed by atoms with Crippen molar-refractivity contribution in [3.8, 4) is 0 Å². The van der Waals surface area contributed by atoms with Gasteiger partial charge in [0.1, 0.15) is 5.76 Å². The zero-order chi connectivity index (χ0) is 11.6. The van der Waals surface area contributed by atoms with Crippen LogP contribution in [-0.4, -0.2) is 0 Å². The van der Waals surface area contributed by atoms with E-state index in [1.165, 1.54) is 25.7 Å². The van der Waals surface area contributed by atoms with Crippen LogP contribution in [-0.2, 0) is 0 Å². The van der Waals surface area contributed by atoms with Gasteiger partial charge in [0.05, 0.1) is 12.3 Å². The van der Waals surface area contributed by atoms with Crippen molar-refractivity contribution in [2.24, 2.45) is 17.2 Å². The lowest BCUT2D eigenvalue weighted by atomic mass is 9.65. The predicted molar refractivity (Wildman–Crippen MR) is 64.5 cm³/mol. The minimum atomic E-state index is 0.144. The molecule has 0 aromatic carbocycles. The first-order valence-corrected chi connectivity index (χ1v) is 6.15. The average molecular weight is 222 g/mol. The Morgan fingerprint density at radius 2 is 2.31 bits per heavy atom. The molecule has 0 saturated heterocycles. The van der Waals surface area contributed by atoms with Crippen LogP contribution in [0.2, 0.25) is 0 Å². The Morgan fingerprint density at radius 1 is 1.50 bits per heavy atom. The lowest BCUT2D eigenvalue weighted by Gasteiger charge is -2.42. The Kier molecular flexibility index (Phi) is 3.36. The van der Waals surface area contributed by atoms with Gasteiger partial charge in [-0.1, -0.05) is 26.7 Å². The van der Waals surface area contributed by atoms with Gasteiger partial charge in [-0.15, -0.1) is 0 Å². The first kappa shape index (κ1) is 11.7. The molecule has 3 heteroatoms. The molecule has 3 nitrogen and oxygen atoms in total. The van der Waals surface area contributed by atoms with Crippen LogP contribution in [0.1, 0.15) is 51.3 Å². The van der Waals surface area contributed by atoms with Crippen molar-refractivity contribution >= 4 is 0 Å². The lowest BCUT2D eigenvalue weighted by molar-refractivity contribution is 0.0894. The van der Waals surface area contributed by atoms with E-state index >= 15 is 0 Å². The fraction of sp³-hybridized carbons (Fsp3) is 0.692. The molecular weight excluding hydrogens is 200 g/mol. The predicted octanol–water partition coefficient (Wildman–Crippen LogP) is 3.00. The number of furan rings is 1. The Balaban J connectivity index is 2.20. The Morgan fingerprint density at radius 3 is 2.88 bits per heavy atom. The largest absolute Gasteiger partial charge is 0.468 e. The molecule has 2 atom stereocenters. The second kappa shape index (κ2) is 4.60. The fourth-order valence-electron chi connectivity index (χ4n) is 3.00. The van der Waals surface area contributed by atoms with Crippen LogP contribution in [0.25, 0.3) is 0 Å². The number of nitrogens with two attached hydrogens (primary N) is 1. The topological polar surface area (TPSA) is 51.2 Å². The zero-order valence-corrected chi connectivity index (χ0v) is 10.2. The molecule has 1 aliphatic rings. The van der Waals surface area contributed by atoms with Gasteiger partial charge in [-0.3, -0.25) is 5.84 Å². The van der Waals surface area contributed by atoms with Gasteiger partial charge < -0.3 is 4.42 Å². The maximum absolute atomic E-state index is 5.71. The zero-order valence-electron chi connectivity index (χ0n) is 10.2. The average Bonchev–Trinajstić information content (AvgIpc) is 2.75. The van der Waals surface area contributed by atoms with Crippen molar-refractivity contribution in [3.05, 3.63) is 24.2 Å². The number of hydrazine groups is 1. The second-order valence-electron chi connectivity index (χ2n) is 5.50. The van der Waals surface area contributed by atoms with Crippen LogP contribution in [0.15, 0.2) is 22.8 Å². The van der Waals surface area contributed by atoms with E-state index < -0.39 is 0 Å². The van der Waals surface area contributed by atoms with Crippen molar-refractivity contribution in [2.45, 2.75) is 45.6 Å². The summed E-state index contributed by atoms with van der Waals surface area (Å²) in [6.45, 7) is 4.67. The molecule has 1 saturated carbocycles. The van der Waals surface area contributed by atoms with Crippen molar-refractivity contribution in [1.82, 2.24) is 5.43 Å². The molecule has 0 spiro atoms. The van der Waals surface area contributed by atoms with Crippen LogP contribution in [0.4, 0.5) is 0 Å². The van der Waals surface area contributed by atoms with E-state index in [9.17, 15) is 0 Å². The van der Waals surface area contributed by atoms with Gasteiger partial charge in [-0.05, 0) is 36.3 Å². The van der Waals surface area contributed by atoms with Crippen molar-refractivity contribution in [3.63, 3.8) is 0 Å². The normalized spacial score (nSPS) is 26.6. The lowest BCUT2D eigenvalue weighted by Crippen LogP contribution is -2.41. The monoisotopic (exact) mass is 222 g/mol. The molecule has 0 bridgehead atoms. The van der Waals surface area contributed by atoms with E-state index in [2.05, 4.69) is 19.3 Å². The molecule has 0 amide bonds. The molecule has 0 aliphatic heterocycles. The smallest absolute Gasteiger partial charge is 0.122 e. The van der Waals surface area contributed by atoms with E-state index in [0.717, 1.165) is 5.76 Å². The highest BCUT2D eigenvalue weighted by atomic mass is 16.3. The van der Waals surface area contributed by atoms with Gasteiger partial charge >= 0.3 is 0 Å². The number of rotatable bonds is 3. The molecular formula is C13H22N2O. The quantitative estimate of drug-likeness (QED) is 0.610. The maximum atomic E-state index is 5.71. The van der Waals surface area contributed by atoms with E-state index in [1.54, 1.807) is 6.26 Å². The van der Waals surface area contributed by atoms with E-state index in [4.69, 9.17) is 10.3 Å². The Labute approximate surface area is 97.4 Å². The number of hydrogen-bond donors (Lipinski definition) is 2. The third-order valence-corrected chi connectivity index (χ3v) is 4.02. The van der Waals surface area contributed by atoms with Gasteiger partial charge in [0, 0.05) is 0 Å². The minimum Gasteiger partial charge on any atom is -0.468 e. The molecule has 1 aliphatic carbocycles. The highest BCUT2D eigenvalue weighted by Crippen LogP contribution is 2.46. The van der Waals surface area contributed by atoms with Gasteiger partial charge in [0.15, 0.2) is 0 Å². The summed E-state index contributed by atoms with van der Waals surface area (Å²) < 4.78 is 5.49. The van der Waals surface area contributed by atoms with Crippen LogP contribution in [0.5, 0.6) is 0 Å². The molecule has 3 N–H and O–H groups in total. The number of hydrogen-bond acceptors (Lipinski definition) is 3. The summed E-state index contributed by atoms with van der Waals surface area (Å²) in [7, 11) is 0. The van der Waals surface area contributed by atoms with Crippen molar-refractivity contribution < 1.29 is 4.42 Å². The summed E-state index contributed by atoms with van der Waals surface area (Å²) in [5, 5.41) is 0. The van der Waals surface area contributed by atoms with Crippen molar-refractivity contribution in [2.75, 3.05) is 0 Å². The highest BCUT2D eigenvalue weighted by molar-refractivity contribution is 5.08. The second-order valence-corrected chi connectivity index (χ2v) is 5.50. The van der Waals surface area contributed by atoms with Crippen LogP contribution in [0, 0.1) is 11.3 Å². The van der Waals surface area contributed by atoms with Crippen molar-refractivity contribution in [1.29, 1.82) is 0 Å². The molecule has 90 valence electrons.